The molecule has 0 saturated heterocycles. The van der Waals surface area contributed by atoms with Gasteiger partial charge in [-0.1, -0.05) is 12.5 Å². The quantitative estimate of drug-likeness (QED) is 0.651. The fourth-order valence-electron chi connectivity index (χ4n) is 3.34. The normalized spacial score (nSPS) is 21.8. The van der Waals surface area contributed by atoms with Gasteiger partial charge in [-0.05, 0) is 48.8 Å². The third-order valence-electron chi connectivity index (χ3n) is 4.31. The molecule has 0 bridgehead atoms. The van der Waals surface area contributed by atoms with Crippen LogP contribution < -0.4 is 0 Å². The molecule has 84 valence electrons. The van der Waals surface area contributed by atoms with Crippen molar-refractivity contribution in [2.45, 2.75) is 44.4 Å². The third kappa shape index (κ3) is 1.13. The monoisotopic (exact) mass is 218 g/mol. The Hall–Kier alpha value is -1.18. The van der Waals surface area contributed by atoms with Gasteiger partial charge in [-0.3, -0.25) is 4.79 Å². The lowest BCUT2D eigenvalue weighted by molar-refractivity contribution is 0.0914. The van der Waals surface area contributed by atoms with Crippen molar-refractivity contribution in [3.05, 3.63) is 34.6 Å². The molecule has 2 aliphatic carbocycles. The van der Waals surface area contributed by atoms with Crippen LogP contribution in [0.2, 0.25) is 0 Å². The van der Waals surface area contributed by atoms with Crippen LogP contribution in [0.3, 0.4) is 0 Å². The Labute approximate surface area is 94.7 Å². The van der Waals surface area contributed by atoms with Crippen LogP contribution in [0.15, 0.2) is 12.1 Å². The van der Waals surface area contributed by atoms with E-state index in [0.29, 0.717) is 12.0 Å². The van der Waals surface area contributed by atoms with Gasteiger partial charge in [0.25, 0.3) is 0 Å². The first-order valence-corrected chi connectivity index (χ1v) is 5.97. The van der Waals surface area contributed by atoms with E-state index in [1.165, 1.54) is 12.5 Å². The smallest absolute Gasteiger partial charge is 0.166 e. The molecular weight excluding hydrogens is 203 g/mol. The van der Waals surface area contributed by atoms with E-state index in [1.807, 2.05) is 13.0 Å². The summed E-state index contributed by atoms with van der Waals surface area (Å²) in [6.45, 7) is 2.00. The van der Waals surface area contributed by atoms with Crippen LogP contribution in [0.1, 0.15) is 53.6 Å². The standard InChI is InChI=1S/C14H15FO/c1-9-3-4-10(15)12-11(16)5-8-14(13(9)12)6-2-7-14/h3-4H,2,5-8H2,1H3. The summed E-state index contributed by atoms with van der Waals surface area (Å²) in [5, 5.41) is 0. The van der Waals surface area contributed by atoms with Crippen LogP contribution >= 0.6 is 0 Å². The zero-order chi connectivity index (χ0) is 11.3. The maximum atomic E-state index is 13.8. The van der Waals surface area contributed by atoms with E-state index in [-0.39, 0.29) is 17.0 Å². The van der Waals surface area contributed by atoms with Crippen LogP contribution in [0.5, 0.6) is 0 Å². The Morgan fingerprint density at radius 2 is 2.00 bits per heavy atom. The Morgan fingerprint density at radius 3 is 2.62 bits per heavy atom. The number of hydrogen-bond donors (Lipinski definition) is 0. The average molecular weight is 218 g/mol. The Morgan fingerprint density at radius 1 is 1.25 bits per heavy atom. The van der Waals surface area contributed by atoms with Crippen molar-refractivity contribution in [2.24, 2.45) is 0 Å². The summed E-state index contributed by atoms with van der Waals surface area (Å²) in [4.78, 5) is 11.8. The fraction of sp³-hybridized carbons (Fsp3) is 0.500. The lowest BCUT2D eigenvalue weighted by atomic mass is 9.57. The summed E-state index contributed by atoms with van der Waals surface area (Å²) in [6, 6.07) is 3.25. The largest absolute Gasteiger partial charge is 0.294 e. The number of Topliss-reactive ketones (excluding diaryl/α,β-unsaturated/α-hetero) is 1. The van der Waals surface area contributed by atoms with Crippen LogP contribution in [0.25, 0.3) is 0 Å². The molecule has 0 radical (unpaired) electrons. The highest BCUT2D eigenvalue weighted by Crippen LogP contribution is 2.52. The van der Waals surface area contributed by atoms with Crippen LogP contribution in [0, 0.1) is 12.7 Å². The van der Waals surface area contributed by atoms with Crippen molar-refractivity contribution in [2.75, 3.05) is 0 Å². The first-order valence-electron chi connectivity index (χ1n) is 5.97. The lowest BCUT2D eigenvalue weighted by Gasteiger charge is -2.46. The molecule has 1 nitrogen and oxygen atoms in total. The number of rotatable bonds is 0. The van der Waals surface area contributed by atoms with Gasteiger partial charge in [-0.25, -0.2) is 4.39 Å². The third-order valence-corrected chi connectivity index (χ3v) is 4.31. The van der Waals surface area contributed by atoms with Gasteiger partial charge in [0.2, 0.25) is 0 Å². The van der Waals surface area contributed by atoms with Crippen molar-refractivity contribution in [1.82, 2.24) is 0 Å². The second-order valence-electron chi connectivity index (χ2n) is 5.17. The van der Waals surface area contributed by atoms with Gasteiger partial charge in [0.15, 0.2) is 5.78 Å². The molecule has 16 heavy (non-hydrogen) atoms. The van der Waals surface area contributed by atoms with E-state index in [0.717, 1.165) is 30.4 Å². The number of carbonyl (C=O) groups is 1. The number of aryl methyl sites for hydroxylation is 1. The van der Waals surface area contributed by atoms with Crippen LogP contribution in [0.4, 0.5) is 4.39 Å². The van der Waals surface area contributed by atoms with Gasteiger partial charge in [0.05, 0.1) is 5.56 Å². The molecular formula is C14H15FO. The van der Waals surface area contributed by atoms with E-state index in [9.17, 15) is 9.18 Å². The molecule has 1 spiro atoms. The highest BCUT2D eigenvalue weighted by molar-refractivity contribution is 5.99. The van der Waals surface area contributed by atoms with Gasteiger partial charge >= 0.3 is 0 Å². The van der Waals surface area contributed by atoms with Crippen molar-refractivity contribution >= 4 is 5.78 Å². The SMILES string of the molecule is Cc1ccc(F)c2c1C1(CCC1)CCC2=O. The molecule has 0 amide bonds. The molecule has 2 aliphatic rings. The number of ketones is 1. The number of fused-ring (bicyclic) bond motifs is 2. The molecule has 1 aromatic carbocycles. The summed E-state index contributed by atoms with van der Waals surface area (Å²) >= 11 is 0. The fourth-order valence-corrected chi connectivity index (χ4v) is 3.34. The second kappa shape index (κ2) is 3.16. The number of halogens is 1. The van der Waals surface area contributed by atoms with Gasteiger partial charge in [0, 0.05) is 6.42 Å². The van der Waals surface area contributed by atoms with Crippen molar-refractivity contribution < 1.29 is 9.18 Å². The zero-order valence-electron chi connectivity index (χ0n) is 9.48. The molecule has 3 rings (SSSR count). The molecule has 0 aliphatic heterocycles. The minimum absolute atomic E-state index is 0.00581. The summed E-state index contributed by atoms with van der Waals surface area (Å²) in [6.07, 6.45) is 4.90. The van der Waals surface area contributed by atoms with E-state index in [2.05, 4.69) is 0 Å². The highest BCUT2D eigenvalue weighted by Gasteiger charge is 2.45. The van der Waals surface area contributed by atoms with E-state index < -0.39 is 0 Å². The Kier molecular flexibility index (Phi) is 1.97. The minimum atomic E-state index is -0.323. The van der Waals surface area contributed by atoms with Crippen LogP contribution in [-0.2, 0) is 5.41 Å². The summed E-state index contributed by atoms with van der Waals surface area (Å²) < 4.78 is 13.8. The summed E-state index contributed by atoms with van der Waals surface area (Å²) in [5.41, 5.74) is 2.64. The molecule has 1 fully saturated rings. The highest BCUT2D eigenvalue weighted by atomic mass is 19.1. The maximum absolute atomic E-state index is 13.8. The van der Waals surface area contributed by atoms with Crippen molar-refractivity contribution in [3.63, 3.8) is 0 Å². The summed E-state index contributed by atoms with van der Waals surface area (Å²) in [5.74, 6) is -0.328. The second-order valence-corrected chi connectivity index (χ2v) is 5.17. The molecule has 1 saturated carbocycles. The first kappa shape index (κ1) is 10.0. The molecule has 1 aromatic rings. The predicted octanol–water partition coefficient (Wildman–Crippen LogP) is 3.53. The number of hydrogen-bond acceptors (Lipinski definition) is 1. The zero-order valence-corrected chi connectivity index (χ0v) is 9.48. The minimum Gasteiger partial charge on any atom is -0.294 e. The molecule has 0 atom stereocenters. The molecule has 0 unspecified atom stereocenters. The maximum Gasteiger partial charge on any atom is 0.166 e. The molecule has 0 aromatic heterocycles. The summed E-state index contributed by atoms with van der Waals surface area (Å²) in [7, 11) is 0. The van der Waals surface area contributed by atoms with Gasteiger partial charge in [-0.15, -0.1) is 0 Å². The first-order chi connectivity index (χ1) is 7.64. The topological polar surface area (TPSA) is 17.1 Å². The van der Waals surface area contributed by atoms with Gasteiger partial charge < -0.3 is 0 Å². The van der Waals surface area contributed by atoms with Gasteiger partial charge in [-0.2, -0.15) is 0 Å². The lowest BCUT2D eigenvalue weighted by Crippen LogP contribution is -2.40. The molecule has 0 heterocycles. The van der Waals surface area contributed by atoms with E-state index >= 15 is 0 Å². The molecule has 2 heteroatoms. The van der Waals surface area contributed by atoms with Crippen molar-refractivity contribution in [1.29, 1.82) is 0 Å². The molecule has 0 N–H and O–H groups in total. The number of benzene rings is 1. The van der Waals surface area contributed by atoms with Gasteiger partial charge in [0.1, 0.15) is 5.82 Å². The van der Waals surface area contributed by atoms with Crippen molar-refractivity contribution in [3.8, 4) is 0 Å². The van der Waals surface area contributed by atoms with Crippen LogP contribution in [-0.4, -0.2) is 5.78 Å². The van der Waals surface area contributed by atoms with E-state index in [1.54, 1.807) is 0 Å². The Balaban J connectivity index is 2.28. The average Bonchev–Trinajstić information content (AvgIpc) is 2.21. The predicted molar refractivity (Wildman–Crippen MR) is 60.2 cm³/mol. The number of carbonyl (C=O) groups excluding carboxylic acids is 1. The van der Waals surface area contributed by atoms with E-state index in [4.69, 9.17) is 0 Å². The Bertz CT molecular complexity index is 472.